The van der Waals surface area contributed by atoms with Crippen LogP contribution >= 0.6 is 0 Å². The van der Waals surface area contributed by atoms with Crippen LogP contribution in [0.4, 0.5) is 0 Å². The van der Waals surface area contributed by atoms with Gasteiger partial charge >= 0.3 is 0 Å². The van der Waals surface area contributed by atoms with Gasteiger partial charge in [-0.25, -0.2) is 0 Å². The van der Waals surface area contributed by atoms with Gasteiger partial charge in [-0.2, -0.15) is 0 Å². The van der Waals surface area contributed by atoms with Crippen molar-refractivity contribution in [3.05, 3.63) is 41.2 Å². The minimum Gasteiger partial charge on any atom is -0.468 e. The Morgan fingerprint density at radius 3 is 2.76 bits per heavy atom. The Morgan fingerprint density at radius 2 is 2.12 bits per heavy atom. The van der Waals surface area contributed by atoms with Crippen molar-refractivity contribution >= 4 is 5.91 Å². The highest BCUT2D eigenvalue weighted by Crippen LogP contribution is 2.24. The van der Waals surface area contributed by atoms with Crippen molar-refractivity contribution in [2.45, 2.75) is 52.0 Å². The van der Waals surface area contributed by atoms with Gasteiger partial charge in [0.05, 0.1) is 18.0 Å². The summed E-state index contributed by atoms with van der Waals surface area (Å²) in [6, 6.07) is 4.01. The van der Waals surface area contributed by atoms with Gasteiger partial charge in [-0.15, -0.1) is 0 Å². The lowest BCUT2D eigenvalue weighted by molar-refractivity contribution is -0.121. The summed E-state index contributed by atoms with van der Waals surface area (Å²) in [6.45, 7) is 6.48. The first-order chi connectivity index (χ1) is 12.1. The van der Waals surface area contributed by atoms with Crippen molar-refractivity contribution in [2.75, 3.05) is 19.6 Å². The molecule has 0 aromatic carbocycles. The molecule has 3 heterocycles. The first kappa shape index (κ1) is 17.7. The molecule has 1 aliphatic rings. The highest BCUT2D eigenvalue weighted by Gasteiger charge is 2.25. The maximum atomic E-state index is 12.3. The molecular formula is C19H27N3O3. The molecular weight excluding hydrogens is 318 g/mol. The number of aromatic nitrogens is 1. The van der Waals surface area contributed by atoms with Gasteiger partial charge in [0.15, 0.2) is 0 Å². The Balaban J connectivity index is 1.54. The molecule has 6 heteroatoms. The number of furan rings is 1. The molecule has 1 N–H and O–H groups in total. The Morgan fingerprint density at radius 1 is 1.32 bits per heavy atom. The number of piperidine rings is 1. The molecule has 0 spiro atoms. The van der Waals surface area contributed by atoms with Crippen LogP contribution in [-0.2, 0) is 11.2 Å². The number of hydrogen-bond donors (Lipinski definition) is 1. The molecule has 136 valence electrons. The number of amides is 1. The normalized spacial score (nSPS) is 16.7. The van der Waals surface area contributed by atoms with Gasteiger partial charge in [-0.05, 0) is 58.3 Å². The minimum absolute atomic E-state index is 0.0496. The van der Waals surface area contributed by atoms with Crippen LogP contribution in [0, 0.1) is 13.8 Å². The SMILES string of the molecule is Cc1noc(C)c1CCC(=O)NC[C@@H](c1ccco1)N1CCCCC1. The first-order valence-electron chi connectivity index (χ1n) is 9.11. The largest absolute Gasteiger partial charge is 0.468 e. The fraction of sp³-hybridized carbons (Fsp3) is 0.579. The first-order valence-corrected chi connectivity index (χ1v) is 9.11. The number of hydrogen-bond acceptors (Lipinski definition) is 5. The minimum atomic E-state index is 0.0496. The molecule has 0 saturated carbocycles. The van der Waals surface area contributed by atoms with Crippen LogP contribution in [0.1, 0.15) is 54.5 Å². The highest BCUT2D eigenvalue weighted by atomic mass is 16.5. The average molecular weight is 345 g/mol. The maximum absolute atomic E-state index is 12.3. The average Bonchev–Trinajstić information content (AvgIpc) is 3.25. The van der Waals surface area contributed by atoms with E-state index in [2.05, 4.69) is 15.4 Å². The lowest BCUT2D eigenvalue weighted by Crippen LogP contribution is -2.40. The molecule has 0 radical (unpaired) electrons. The van der Waals surface area contributed by atoms with Gasteiger partial charge in [0.2, 0.25) is 5.91 Å². The molecule has 6 nitrogen and oxygen atoms in total. The molecule has 1 fully saturated rings. The third-order valence-electron chi connectivity index (χ3n) is 4.98. The zero-order chi connectivity index (χ0) is 17.6. The number of likely N-dealkylation sites (tertiary alicyclic amines) is 1. The van der Waals surface area contributed by atoms with E-state index in [9.17, 15) is 4.79 Å². The van der Waals surface area contributed by atoms with Crippen LogP contribution in [-0.4, -0.2) is 35.6 Å². The van der Waals surface area contributed by atoms with Gasteiger partial charge in [-0.1, -0.05) is 11.6 Å². The van der Waals surface area contributed by atoms with Crippen molar-refractivity contribution in [3.8, 4) is 0 Å². The topological polar surface area (TPSA) is 71.5 Å². The monoisotopic (exact) mass is 345 g/mol. The predicted molar refractivity (Wildman–Crippen MR) is 94.2 cm³/mol. The van der Waals surface area contributed by atoms with Crippen molar-refractivity contribution in [1.29, 1.82) is 0 Å². The van der Waals surface area contributed by atoms with Crippen LogP contribution in [0.2, 0.25) is 0 Å². The molecule has 1 aliphatic heterocycles. The van der Waals surface area contributed by atoms with Gasteiger partial charge < -0.3 is 14.3 Å². The Labute approximate surface area is 148 Å². The molecule has 2 aromatic rings. The highest BCUT2D eigenvalue weighted by molar-refractivity contribution is 5.76. The van der Waals surface area contributed by atoms with Gasteiger partial charge in [-0.3, -0.25) is 9.69 Å². The van der Waals surface area contributed by atoms with Crippen LogP contribution in [0.3, 0.4) is 0 Å². The van der Waals surface area contributed by atoms with E-state index in [1.165, 1.54) is 19.3 Å². The van der Waals surface area contributed by atoms with E-state index in [1.807, 2.05) is 26.0 Å². The summed E-state index contributed by atoms with van der Waals surface area (Å²) in [5, 5.41) is 7.02. The number of nitrogens with zero attached hydrogens (tertiary/aromatic N) is 2. The van der Waals surface area contributed by atoms with E-state index in [1.54, 1.807) is 6.26 Å². The van der Waals surface area contributed by atoms with Crippen LogP contribution in [0.25, 0.3) is 0 Å². The van der Waals surface area contributed by atoms with Gasteiger partial charge in [0.1, 0.15) is 11.5 Å². The van der Waals surface area contributed by atoms with E-state index >= 15 is 0 Å². The molecule has 0 unspecified atom stereocenters. The fourth-order valence-electron chi connectivity index (χ4n) is 3.52. The lowest BCUT2D eigenvalue weighted by atomic mass is 10.1. The van der Waals surface area contributed by atoms with Crippen molar-refractivity contribution in [1.82, 2.24) is 15.4 Å². The van der Waals surface area contributed by atoms with Gasteiger partial charge in [0.25, 0.3) is 0 Å². The summed E-state index contributed by atoms with van der Waals surface area (Å²) in [5.41, 5.74) is 1.90. The summed E-state index contributed by atoms with van der Waals surface area (Å²) in [7, 11) is 0. The second-order valence-electron chi connectivity index (χ2n) is 6.73. The zero-order valence-electron chi connectivity index (χ0n) is 15.1. The quantitative estimate of drug-likeness (QED) is 0.834. The number of rotatable bonds is 7. The number of carbonyl (C=O) groups excluding carboxylic acids is 1. The molecule has 0 aliphatic carbocycles. The Bertz CT molecular complexity index is 653. The maximum Gasteiger partial charge on any atom is 0.220 e. The molecule has 1 atom stereocenters. The molecule has 25 heavy (non-hydrogen) atoms. The van der Waals surface area contributed by atoms with E-state index in [0.29, 0.717) is 19.4 Å². The van der Waals surface area contributed by atoms with E-state index < -0.39 is 0 Å². The van der Waals surface area contributed by atoms with E-state index in [4.69, 9.17) is 8.94 Å². The standard InChI is InChI=1S/C19H27N3O3/c1-14-16(15(2)25-21-14)8-9-19(23)20-13-17(18-7-6-12-24-18)22-10-4-3-5-11-22/h6-7,12,17H,3-5,8-11,13H2,1-2H3,(H,20,23)/t17-/m0/s1. The van der Waals surface area contributed by atoms with Gasteiger partial charge in [0, 0.05) is 18.5 Å². The Hall–Kier alpha value is -2.08. The number of carbonyl (C=O) groups is 1. The summed E-state index contributed by atoms with van der Waals surface area (Å²) in [6.07, 6.45) is 6.49. The fourth-order valence-corrected chi connectivity index (χ4v) is 3.52. The van der Waals surface area contributed by atoms with Crippen molar-refractivity contribution < 1.29 is 13.7 Å². The summed E-state index contributed by atoms with van der Waals surface area (Å²) in [5.74, 6) is 1.77. The molecule has 2 aromatic heterocycles. The molecule has 1 saturated heterocycles. The second kappa shape index (κ2) is 8.34. The number of nitrogens with one attached hydrogen (secondary N) is 1. The molecule has 0 bridgehead atoms. The Kier molecular flexibility index (Phi) is 5.91. The molecule has 1 amide bonds. The van der Waals surface area contributed by atoms with Crippen LogP contribution in [0.5, 0.6) is 0 Å². The van der Waals surface area contributed by atoms with Crippen LogP contribution < -0.4 is 5.32 Å². The number of aryl methyl sites for hydroxylation is 2. The lowest BCUT2D eigenvalue weighted by Gasteiger charge is -2.33. The molecule has 3 rings (SSSR count). The van der Waals surface area contributed by atoms with E-state index in [0.717, 1.165) is 35.9 Å². The second-order valence-corrected chi connectivity index (χ2v) is 6.73. The smallest absolute Gasteiger partial charge is 0.220 e. The summed E-state index contributed by atoms with van der Waals surface area (Å²) >= 11 is 0. The summed E-state index contributed by atoms with van der Waals surface area (Å²) in [4.78, 5) is 14.7. The predicted octanol–water partition coefficient (Wildman–Crippen LogP) is 3.16. The van der Waals surface area contributed by atoms with Crippen molar-refractivity contribution in [2.24, 2.45) is 0 Å². The van der Waals surface area contributed by atoms with E-state index in [-0.39, 0.29) is 11.9 Å². The third-order valence-corrected chi connectivity index (χ3v) is 4.98. The van der Waals surface area contributed by atoms with Crippen LogP contribution in [0.15, 0.2) is 27.3 Å². The van der Waals surface area contributed by atoms with Crippen molar-refractivity contribution in [3.63, 3.8) is 0 Å². The summed E-state index contributed by atoms with van der Waals surface area (Å²) < 4.78 is 10.8. The zero-order valence-corrected chi connectivity index (χ0v) is 15.1. The third kappa shape index (κ3) is 4.51.